The Morgan fingerprint density at radius 2 is 2.18 bits per heavy atom. The van der Waals surface area contributed by atoms with E-state index in [9.17, 15) is 4.79 Å². The summed E-state index contributed by atoms with van der Waals surface area (Å²) in [6.45, 7) is 6.41. The molecule has 22 heavy (non-hydrogen) atoms. The lowest BCUT2D eigenvalue weighted by Gasteiger charge is -2.53. The molecule has 1 aromatic heterocycles. The number of hydrogen-bond donors (Lipinski definition) is 0. The Bertz CT molecular complexity index is 769. The smallest absolute Gasteiger partial charge is 0.314 e. The molecule has 0 fully saturated rings. The summed E-state index contributed by atoms with van der Waals surface area (Å²) in [5, 5.41) is 8.45. The van der Waals surface area contributed by atoms with E-state index in [1.807, 2.05) is 26.0 Å². The molecule has 2 aliphatic heterocycles. The molecular formula is C17H19N3O2. The molecule has 0 amide bonds. The molecule has 0 radical (unpaired) electrons. The predicted molar refractivity (Wildman–Crippen MR) is 80.4 cm³/mol. The zero-order chi connectivity index (χ0) is 15.5. The van der Waals surface area contributed by atoms with Crippen LogP contribution in [0, 0.1) is 5.41 Å². The van der Waals surface area contributed by atoms with Crippen LogP contribution in [0.2, 0.25) is 0 Å². The van der Waals surface area contributed by atoms with E-state index >= 15 is 0 Å². The highest BCUT2D eigenvalue weighted by Crippen LogP contribution is 2.60. The summed E-state index contributed by atoms with van der Waals surface area (Å²) in [6.07, 6.45) is 2.43. The van der Waals surface area contributed by atoms with Gasteiger partial charge in [-0.15, -0.1) is 10.2 Å². The zero-order valence-corrected chi connectivity index (χ0v) is 13.0. The number of hydrogen-bond acceptors (Lipinski definition) is 4. The average molecular weight is 297 g/mol. The summed E-state index contributed by atoms with van der Waals surface area (Å²) in [7, 11) is 0. The quantitative estimate of drug-likeness (QED) is 0.799. The van der Waals surface area contributed by atoms with Crippen molar-refractivity contribution < 1.29 is 9.53 Å². The first-order valence-electron chi connectivity index (χ1n) is 7.69. The molecule has 3 atom stereocenters. The summed E-state index contributed by atoms with van der Waals surface area (Å²) in [5.74, 6) is 0.804. The van der Waals surface area contributed by atoms with Crippen LogP contribution in [0.3, 0.4) is 0 Å². The van der Waals surface area contributed by atoms with Crippen LogP contribution in [-0.4, -0.2) is 27.3 Å². The number of rotatable bonds is 2. The van der Waals surface area contributed by atoms with Crippen LogP contribution in [0.4, 0.5) is 0 Å². The van der Waals surface area contributed by atoms with E-state index in [0.717, 1.165) is 5.82 Å². The maximum Gasteiger partial charge on any atom is 0.314 e. The lowest BCUT2D eigenvalue weighted by atomic mass is 9.55. The maximum atomic E-state index is 12.7. The summed E-state index contributed by atoms with van der Waals surface area (Å²) >= 11 is 0. The molecule has 3 aliphatic rings. The van der Waals surface area contributed by atoms with Crippen molar-refractivity contribution in [1.29, 1.82) is 0 Å². The largest absolute Gasteiger partial charge is 0.466 e. The van der Waals surface area contributed by atoms with Gasteiger partial charge in [0.25, 0.3) is 0 Å². The van der Waals surface area contributed by atoms with Gasteiger partial charge in [0.05, 0.1) is 23.5 Å². The second-order valence-corrected chi connectivity index (χ2v) is 6.70. The molecule has 1 aromatic carbocycles. The van der Waals surface area contributed by atoms with Crippen molar-refractivity contribution >= 4 is 5.97 Å². The van der Waals surface area contributed by atoms with E-state index in [0.29, 0.717) is 13.0 Å². The first-order chi connectivity index (χ1) is 10.5. The number of carbonyl (C=O) groups excluding carboxylic acids is 1. The lowest BCUT2D eigenvalue weighted by Crippen LogP contribution is -2.55. The molecule has 0 saturated heterocycles. The summed E-state index contributed by atoms with van der Waals surface area (Å²) < 4.78 is 7.45. The minimum Gasteiger partial charge on any atom is -0.466 e. The van der Waals surface area contributed by atoms with Crippen LogP contribution in [0.5, 0.6) is 0 Å². The fourth-order valence-electron chi connectivity index (χ4n) is 4.47. The van der Waals surface area contributed by atoms with Gasteiger partial charge in [-0.1, -0.05) is 24.3 Å². The van der Waals surface area contributed by atoms with Gasteiger partial charge in [0.15, 0.2) is 0 Å². The molecule has 0 N–H and O–H groups in total. The molecule has 3 unspecified atom stereocenters. The molecule has 114 valence electrons. The van der Waals surface area contributed by atoms with Gasteiger partial charge in [0.2, 0.25) is 0 Å². The van der Waals surface area contributed by atoms with E-state index in [2.05, 4.69) is 33.8 Å². The monoisotopic (exact) mass is 297 g/mol. The topological polar surface area (TPSA) is 57.0 Å². The Balaban J connectivity index is 1.99. The molecule has 2 bridgehead atoms. The van der Waals surface area contributed by atoms with E-state index in [-0.39, 0.29) is 17.4 Å². The van der Waals surface area contributed by atoms with Gasteiger partial charge in [-0.25, -0.2) is 0 Å². The van der Waals surface area contributed by atoms with Gasteiger partial charge in [-0.3, -0.25) is 4.79 Å². The van der Waals surface area contributed by atoms with Crippen LogP contribution in [-0.2, 0) is 14.9 Å². The molecule has 5 heteroatoms. The van der Waals surface area contributed by atoms with Gasteiger partial charge >= 0.3 is 5.97 Å². The van der Waals surface area contributed by atoms with Gasteiger partial charge in [0.1, 0.15) is 12.2 Å². The van der Waals surface area contributed by atoms with Crippen LogP contribution < -0.4 is 0 Å². The SMILES string of the molecule is CCOC(=O)C1(C)CC2(C)c3ccccc3C1n1cnnc12. The van der Waals surface area contributed by atoms with Crippen LogP contribution in [0.15, 0.2) is 30.6 Å². The molecule has 3 heterocycles. The number of esters is 1. The first kappa shape index (κ1) is 13.5. The zero-order valence-electron chi connectivity index (χ0n) is 13.0. The van der Waals surface area contributed by atoms with Gasteiger partial charge in [-0.2, -0.15) is 0 Å². The summed E-state index contributed by atoms with van der Waals surface area (Å²) in [4.78, 5) is 12.7. The Morgan fingerprint density at radius 3 is 2.95 bits per heavy atom. The van der Waals surface area contributed by atoms with Crippen molar-refractivity contribution in [3.63, 3.8) is 0 Å². The van der Waals surface area contributed by atoms with Crippen LogP contribution in [0.25, 0.3) is 0 Å². The number of fused-ring (bicyclic) bond motifs is 1. The summed E-state index contributed by atoms with van der Waals surface area (Å²) in [5.41, 5.74) is 1.51. The fraction of sp³-hybridized carbons (Fsp3) is 0.471. The molecule has 2 aromatic rings. The lowest BCUT2D eigenvalue weighted by molar-refractivity contribution is -0.159. The molecule has 1 aliphatic carbocycles. The third kappa shape index (κ3) is 1.41. The predicted octanol–water partition coefficient (Wildman–Crippen LogP) is 2.46. The number of nitrogens with zero attached hydrogens (tertiary/aromatic N) is 3. The Morgan fingerprint density at radius 1 is 1.41 bits per heavy atom. The molecule has 5 nitrogen and oxygen atoms in total. The van der Waals surface area contributed by atoms with Gasteiger partial charge in [-0.05, 0) is 38.3 Å². The third-order valence-electron chi connectivity index (χ3n) is 5.26. The van der Waals surface area contributed by atoms with Crippen molar-refractivity contribution in [2.75, 3.05) is 6.61 Å². The molecule has 0 saturated carbocycles. The van der Waals surface area contributed by atoms with E-state index in [1.165, 1.54) is 11.1 Å². The first-order valence-corrected chi connectivity index (χ1v) is 7.69. The van der Waals surface area contributed by atoms with Gasteiger partial charge in [0, 0.05) is 0 Å². The summed E-state index contributed by atoms with van der Waals surface area (Å²) in [6, 6.07) is 8.23. The van der Waals surface area contributed by atoms with Crippen molar-refractivity contribution in [1.82, 2.24) is 14.8 Å². The van der Waals surface area contributed by atoms with E-state index in [4.69, 9.17) is 4.74 Å². The highest BCUT2D eigenvalue weighted by atomic mass is 16.5. The number of aromatic nitrogens is 3. The van der Waals surface area contributed by atoms with Crippen molar-refractivity contribution in [3.8, 4) is 0 Å². The minimum absolute atomic E-state index is 0.102. The van der Waals surface area contributed by atoms with Crippen molar-refractivity contribution in [2.45, 2.75) is 38.6 Å². The Labute approximate surface area is 129 Å². The van der Waals surface area contributed by atoms with E-state index < -0.39 is 5.41 Å². The average Bonchev–Trinajstić information content (AvgIpc) is 2.98. The van der Waals surface area contributed by atoms with E-state index in [1.54, 1.807) is 6.33 Å². The second kappa shape index (κ2) is 4.18. The normalized spacial score (nSPS) is 31.5. The van der Waals surface area contributed by atoms with Crippen LogP contribution in [0.1, 0.15) is 50.2 Å². The Hall–Kier alpha value is -2.17. The maximum absolute atomic E-state index is 12.7. The van der Waals surface area contributed by atoms with Crippen molar-refractivity contribution in [3.05, 3.63) is 47.5 Å². The number of carbonyl (C=O) groups is 1. The van der Waals surface area contributed by atoms with Crippen LogP contribution >= 0.6 is 0 Å². The molecule has 0 spiro atoms. The highest BCUT2D eigenvalue weighted by Gasteiger charge is 2.60. The Kier molecular flexibility index (Phi) is 2.56. The standard InChI is InChI=1S/C17H19N3O2/c1-4-22-15(21)17(3)9-16(2)12-8-6-5-7-11(12)13(17)20-10-18-19-14(16)20/h5-8,10,13H,4,9H2,1-3H3. The number of benzene rings is 1. The molecule has 5 rings (SSSR count). The third-order valence-corrected chi connectivity index (χ3v) is 5.26. The minimum atomic E-state index is -0.603. The van der Waals surface area contributed by atoms with Gasteiger partial charge < -0.3 is 9.30 Å². The molecular weight excluding hydrogens is 278 g/mol. The fourth-order valence-corrected chi connectivity index (χ4v) is 4.47. The highest BCUT2D eigenvalue weighted by molar-refractivity contribution is 5.80. The number of ether oxygens (including phenoxy) is 1. The second-order valence-electron chi connectivity index (χ2n) is 6.70. The van der Waals surface area contributed by atoms with Crippen molar-refractivity contribution in [2.24, 2.45) is 5.41 Å².